The quantitative estimate of drug-likeness (QED) is 0.756. The molecule has 0 aromatic carbocycles. The van der Waals surface area contributed by atoms with Crippen LogP contribution in [0.1, 0.15) is 90.8 Å². The average molecular weight is 386 g/mol. The lowest BCUT2D eigenvalue weighted by atomic mass is 9.44. The number of aryl methyl sites for hydroxylation is 1. The Labute approximate surface area is 170 Å². The van der Waals surface area contributed by atoms with E-state index in [1.807, 2.05) is 0 Å². The predicted molar refractivity (Wildman–Crippen MR) is 111 cm³/mol. The third-order valence-electron chi connectivity index (χ3n) is 10.3. The Balaban J connectivity index is 1.32. The Morgan fingerprint density at radius 2 is 1.82 bits per heavy atom. The molecule has 4 aliphatic rings. The second-order valence-electron chi connectivity index (χ2n) is 11.6. The van der Waals surface area contributed by atoms with Gasteiger partial charge >= 0.3 is 0 Å². The number of aromatic amines is 1. The molecule has 0 radical (unpaired) electrons. The highest BCUT2D eigenvalue weighted by Crippen LogP contribution is 2.68. The van der Waals surface area contributed by atoms with Crippen molar-refractivity contribution in [1.82, 2.24) is 15.2 Å². The number of aliphatic hydroxyl groups is 1. The maximum atomic E-state index is 10.7. The van der Waals surface area contributed by atoms with Crippen LogP contribution in [0.4, 0.5) is 0 Å². The van der Waals surface area contributed by atoms with Crippen molar-refractivity contribution >= 4 is 0 Å². The first-order valence-electron chi connectivity index (χ1n) is 11.9. The van der Waals surface area contributed by atoms with Crippen LogP contribution >= 0.6 is 0 Å². The van der Waals surface area contributed by atoms with Gasteiger partial charge in [0.2, 0.25) is 0 Å². The molecule has 5 rings (SSSR count). The van der Waals surface area contributed by atoms with Gasteiger partial charge in [0.25, 0.3) is 0 Å². The fourth-order valence-electron chi connectivity index (χ4n) is 8.67. The molecule has 4 fully saturated rings. The molecule has 0 spiro atoms. The number of rotatable bonds is 3. The Morgan fingerprint density at radius 1 is 1.00 bits per heavy atom. The van der Waals surface area contributed by atoms with Gasteiger partial charge < -0.3 is 5.11 Å². The van der Waals surface area contributed by atoms with E-state index in [9.17, 15) is 5.11 Å². The van der Waals surface area contributed by atoms with E-state index in [1.165, 1.54) is 51.4 Å². The molecule has 156 valence electrons. The van der Waals surface area contributed by atoms with Crippen LogP contribution in [0.2, 0.25) is 0 Å². The first-order valence-corrected chi connectivity index (χ1v) is 11.9. The topological polar surface area (TPSA) is 61.8 Å². The summed E-state index contributed by atoms with van der Waals surface area (Å²) in [5, 5.41) is 17.8. The summed E-state index contributed by atoms with van der Waals surface area (Å²) in [6.45, 7) is 7.30. The number of nitrogens with one attached hydrogen (secondary N) is 1. The van der Waals surface area contributed by atoms with E-state index in [1.54, 1.807) is 6.33 Å². The summed E-state index contributed by atoms with van der Waals surface area (Å²) in [4.78, 5) is 4.35. The highest BCUT2D eigenvalue weighted by Gasteiger charge is 2.60. The molecule has 0 aliphatic heterocycles. The van der Waals surface area contributed by atoms with Crippen LogP contribution in [-0.4, -0.2) is 25.9 Å². The maximum Gasteiger partial charge on any atom is 0.150 e. The molecular weight excluding hydrogens is 346 g/mol. The molecule has 0 unspecified atom stereocenters. The van der Waals surface area contributed by atoms with E-state index in [-0.39, 0.29) is 0 Å². The molecule has 4 heteroatoms. The molecule has 8 atom stereocenters. The Morgan fingerprint density at radius 3 is 2.61 bits per heavy atom. The second kappa shape index (κ2) is 6.55. The number of aromatic nitrogens is 3. The van der Waals surface area contributed by atoms with Crippen LogP contribution in [0.15, 0.2) is 6.33 Å². The number of nitrogens with zero attached hydrogens (tertiary/aromatic N) is 2. The van der Waals surface area contributed by atoms with E-state index < -0.39 is 5.60 Å². The zero-order valence-corrected chi connectivity index (χ0v) is 18.1. The Bertz CT molecular complexity index is 701. The summed E-state index contributed by atoms with van der Waals surface area (Å²) >= 11 is 0. The molecule has 1 heterocycles. The second-order valence-corrected chi connectivity index (χ2v) is 11.6. The molecule has 0 saturated heterocycles. The van der Waals surface area contributed by atoms with Gasteiger partial charge in [-0.15, -0.1) is 0 Å². The van der Waals surface area contributed by atoms with Crippen LogP contribution < -0.4 is 0 Å². The van der Waals surface area contributed by atoms with Crippen molar-refractivity contribution in [1.29, 1.82) is 0 Å². The minimum atomic E-state index is -0.418. The summed E-state index contributed by atoms with van der Waals surface area (Å²) in [6, 6.07) is 0. The third kappa shape index (κ3) is 2.88. The minimum absolute atomic E-state index is 0.418. The fourth-order valence-corrected chi connectivity index (χ4v) is 8.67. The fraction of sp³-hybridized carbons (Fsp3) is 0.917. The molecule has 2 N–H and O–H groups in total. The minimum Gasteiger partial charge on any atom is -0.390 e. The smallest absolute Gasteiger partial charge is 0.150 e. The zero-order chi connectivity index (χ0) is 19.6. The van der Waals surface area contributed by atoms with Crippen molar-refractivity contribution in [3.05, 3.63) is 12.2 Å². The van der Waals surface area contributed by atoms with Gasteiger partial charge in [0, 0.05) is 6.42 Å². The SMILES string of the molecule is C[C@@]1(O)CC[C@@]2(C)[C@@H](CC[C@@H]3[C@@H]2CC[C@]2(C)[C@@H](CCc4nc[nH]n4)CC[C@@H]32)C1. The zero-order valence-electron chi connectivity index (χ0n) is 18.1. The summed E-state index contributed by atoms with van der Waals surface area (Å²) < 4.78 is 0. The van der Waals surface area contributed by atoms with Gasteiger partial charge in [-0.3, -0.25) is 5.10 Å². The number of hydrogen-bond acceptors (Lipinski definition) is 3. The first kappa shape index (κ1) is 19.1. The van der Waals surface area contributed by atoms with E-state index in [2.05, 4.69) is 36.0 Å². The van der Waals surface area contributed by atoms with Crippen LogP contribution in [0, 0.1) is 40.4 Å². The molecule has 0 amide bonds. The molecule has 1 aromatic rings. The number of fused-ring (bicyclic) bond motifs is 5. The number of hydrogen-bond donors (Lipinski definition) is 2. The van der Waals surface area contributed by atoms with Crippen LogP contribution in [-0.2, 0) is 6.42 Å². The van der Waals surface area contributed by atoms with Crippen LogP contribution in [0.25, 0.3) is 0 Å². The lowest BCUT2D eigenvalue weighted by molar-refractivity contribution is -0.146. The third-order valence-corrected chi connectivity index (χ3v) is 10.3. The largest absolute Gasteiger partial charge is 0.390 e. The van der Waals surface area contributed by atoms with Crippen molar-refractivity contribution in [2.45, 2.75) is 97.0 Å². The van der Waals surface area contributed by atoms with Gasteiger partial charge in [0.05, 0.1) is 5.60 Å². The molecule has 28 heavy (non-hydrogen) atoms. The predicted octanol–water partition coefficient (Wildman–Crippen LogP) is 5.15. The molecule has 4 nitrogen and oxygen atoms in total. The Hall–Kier alpha value is -0.900. The summed E-state index contributed by atoms with van der Waals surface area (Å²) in [6.07, 6.45) is 15.7. The molecular formula is C24H39N3O. The maximum absolute atomic E-state index is 10.7. The van der Waals surface area contributed by atoms with Gasteiger partial charge in [-0.25, -0.2) is 4.98 Å². The van der Waals surface area contributed by atoms with Crippen molar-refractivity contribution in [3.8, 4) is 0 Å². The van der Waals surface area contributed by atoms with Gasteiger partial charge in [0.1, 0.15) is 12.2 Å². The average Bonchev–Trinajstić information content (AvgIpc) is 3.27. The number of H-pyrrole nitrogens is 1. The standard InChI is InChI=1S/C24H39N3O/c1-22(28)12-13-24(3)17(14-22)4-7-18-19-8-5-16(6-9-21-25-15-26-27-21)23(19,2)11-10-20(18)24/h15-20,28H,4-14H2,1-3H3,(H,25,26,27)/t16-,17+,18+,19+,20+,22-,23-,24+/m1/s1. The van der Waals surface area contributed by atoms with Crippen molar-refractivity contribution in [2.75, 3.05) is 0 Å². The van der Waals surface area contributed by atoms with E-state index in [0.29, 0.717) is 10.8 Å². The summed E-state index contributed by atoms with van der Waals surface area (Å²) in [5.74, 6) is 5.31. The Kier molecular flexibility index (Phi) is 4.47. The van der Waals surface area contributed by atoms with Gasteiger partial charge in [-0.1, -0.05) is 13.8 Å². The van der Waals surface area contributed by atoms with Crippen LogP contribution in [0.5, 0.6) is 0 Å². The highest BCUT2D eigenvalue weighted by atomic mass is 16.3. The normalized spacial score (nSPS) is 50.6. The molecule has 4 aliphatic carbocycles. The van der Waals surface area contributed by atoms with Gasteiger partial charge in [0.15, 0.2) is 0 Å². The molecule has 4 saturated carbocycles. The lowest BCUT2D eigenvalue weighted by Gasteiger charge is -2.62. The van der Waals surface area contributed by atoms with Crippen molar-refractivity contribution < 1.29 is 5.11 Å². The van der Waals surface area contributed by atoms with E-state index >= 15 is 0 Å². The van der Waals surface area contributed by atoms with E-state index in [4.69, 9.17) is 0 Å². The van der Waals surface area contributed by atoms with E-state index in [0.717, 1.165) is 54.7 Å². The van der Waals surface area contributed by atoms with Crippen molar-refractivity contribution in [2.24, 2.45) is 40.4 Å². The monoisotopic (exact) mass is 385 g/mol. The highest BCUT2D eigenvalue weighted by molar-refractivity contribution is 5.10. The van der Waals surface area contributed by atoms with Crippen molar-refractivity contribution in [3.63, 3.8) is 0 Å². The lowest BCUT2D eigenvalue weighted by Crippen LogP contribution is -2.55. The molecule has 0 bridgehead atoms. The summed E-state index contributed by atoms with van der Waals surface area (Å²) in [7, 11) is 0. The first-order chi connectivity index (χ1) is 13.3. The summed E-state index contributed by atoms with van der Waals surface area (Å²) in [5.41, 5.74) is 0.587. The van der Waals surface area contributed by atoms with Gasteiger partial charge in [-0.2, -0.15) is 5.10 Å². The molecule has 1 aromatic heterocycles. The van der Waals surface area contributed by atoms with Crippen LogP contribution in [0.3, 0.4) is 0 Å². The van der Waals surface area contributed by atoms with Gasteiger partial charge in [-0.05, 0) is 112 Å².